The third kappa shape index (κ3) is 2.52. The van der Waals surface area contributed by atoms with E-state index in [0.29, 0.717) is 6.54 Å². The normalized spacial score (nSPS) is 10.8. The molecule has 3 N–H and O–H groups in total. The molecule has 0 saturated carbocycles. The monoisotopic (exact) mass is 266 g/mol. The summed E-state index contributed by atoms with van der Waals surface area (Å²) in [6, 6.07) is 2.18. The lowest BCUT2D eigenvalue weighted by Crippen LogP contribution is -2.06. The van der Waals surface area contributed by atoms with Crippen LogP contribution in [-0.2, 0) is 13.6 Å². The maximum absolute atomic E-state index is 13.6. The Morgan fingerprint density at radius 2 is 1.84 bits per heavy atom. The molecular formula is C13H16F2N4. The zero-order valence-electron chi connectivity index (χ0n) is 11.1. The number of rotatable bonds is 3. The van der Waals surface area contributed by atoms with Crippen molar-refractivity contribution in [3.63, 3.8) is 0 Å². The van der Waals surface area contributed by atoms with Gasteiger partial charge >= 0.3 is 0 Å². The molecule has 1 aromatic heterocycles. The van der Waals surface area contributed by atoms with Gasteiger partial charge in [-0.2, -0.15) is 5.10 Å². The minimum atomic E-state index is -0.698. The number of nitrogen functional groups attached to an aromatic ring is 1. The van der Waals surface area contributed by atoms with E-state index in [1.54, 1.807) is 4.68 Å². The number of hydrogen-bond acceptors (Lipinski definition) is 3. The summed E-state index contributed by atoms with van der Waals surface area (Å²) in [6.07, 6.45) is 0. The Bertz CT molecular complexity index is 596. The zero-order chi connectivity index (χ0) is 14.2. The molecule has 102 valence electrons. The summed E-state index contributed by atoms with van der Waals surface area (Å²) >= 11 is 0. The zero-order valence-corrected chi connectivity index (χ0v) is 11.1. The lowest BCUT2D eigenvalue weighted by atomic mass is 10.2. The van der Waals surface area contributed by atoms with Crippen molar-refractivity contribution in [2.45, 2.75) is 20.4 Å². The predicted octanol–water partition coefficient (Wildman–Crippen LogP) is 2.51. The second-order valence-electron chi connectivity index (χ2n) is 4.49. The summed E-state index contributed by atoms with van der Waals surface area (Å²) in [5.74, 6) is -1.40. The Kier molecular flexibility index (Phi) is 3.42. The van der Waals surface area contributed by atoms with Crippen LogP contribution in [0.15, 0.2) is 12.1 Å². The number of nitrogens with two attached hydrogens (primary N) is 1. The van der Waals surface area contributed by atoms with Gasteiger partial charge in [-0.25, -0.2) is 8.78 Å². The number of aryl methyl sites for hydroxylation is 2. The molecule has 19 heavy (non-hydrogen) atoms. The third-order valence-corrected chi connectivity index (χ3v) is 3.17. The van der Waals surface area contributed by atoms with E-state index in [2.05, 4.69) is 10.4 Å². The number of nitrogens with zero attached hydrogens (tertiary/aromatic N) is 2. The highest BCUT2D eigenvalue weighted by atomic mass is 19.1. The van der Waals surface area contributed by atoms with E-state index in [1.165, 1.54) is 0 Å². The fourth-order valence-corrected chi connectivity index (χ4v) is 2.01. The summed E-state index contributed by atoms with van der Waals surface area (Å²) < 4.78 is 29.0. The number of nitrogens with one attached hydrogen (secondary N) is 1. The van der Waals surface area contributed by atoms with Crippen LogP contribution in [-0.4, -0.2) is 9.78 Å². The van der Waals surface area contributed by atoms with E-state index < -0.39 is 11.6 Å². The van der Waals surface area contributed by atoms with Gasteiger partial charge in [0.1, 0.15) is 5.69 Å². The molecule has 0 spiro atoms. The van der Waals surface area contributed by atoms with Crippen molar-refractivity contribution in [1.29, 1.82) is 0 Å². The Labute approximate surface area is 110 Å². The van der Waals surface area contributed by atoms with E-state index in [1.807, 2.05) is 20.9 Å². The fraction of sp³-hybridized carbons (Fsp3) is 0.308. The first-order chi connectivity index (χ1) is 8.90. The summed E-state index contributed by atoms with van der Waals surface area (Å²) in [4.78, 5) is 0. The minimum absolute atomic E-state index is 0.0642. The molecule has 4 nitrogen and oxygen atoms in total. The van der Waals surface area contributed by atoms with E-state index >= 15 is 0 Å². The van der Waals surface area contributed by atoms with Crippen molar-refractivity contribution in [3.05, 3.63) is 40.7 Å². The molecule has 0 saturated heterocycles. The number of halogens is 2. The largest absolute Gasteiger partial charge is 0.399 e. The van der Waals surface area contributed by atoms with E-state index in [0.717, 1.165) is 29.1 Å². The summed E-state index contributed by atoms with van der Waals surface area (Å²) in [5, 5.41) is 7.01. The van der Waals surface area contributed by atoms with Gasteiger partial charge in [-0.3, -0.25) is 4.68 Å². The molecule has 1 aromatic carbocycles. The molecule has 0 bridgehead atoms. The maximum Gasteiger partial charge on any atom is 0.151 e. The molecule has 0 fully saturated rings. The third-order valence-electron chi connectivity index (χ3n) is 3.17. The second kappa shape index (κ2) is 4.87. The van der Waals surface area contributed by atoms with Crippen LogP contribution in [0.3, 0.4) is 0 Å². The van der Waals surface area contributed by atoms with Crippen molar-refractivity contribution >= 4 is 11.4 Å². The highest BCUT2D eigenvalue weighted by Gasteiger charge is 2.13. The van der Waals surface area contributed by atoms with Crippen LogP contribution in [0.5, 0.6) is 0 Å². The van der Waals surface area contributed by atoms with E-state index in [-0.39, 0.29) is 11.4 Å². The number of aromatic nitrogens is 2. The predicted molar refractivity (Wildman–Crippen MR) is 70.8 cm³/mol. The summed E-state index contributed by atoms with van der Waals surface area (Å²) in [5.41, 5.74) is 7.99. The molecule has 0 aliphatic carbocycles. The Balaban J connectivity index is 2.24. The van der Waals surface area contributed by atoms with Crippen LogP contribution in [0.25, 0.3) is 0 Å². The number of hydrogen-bond donors (Lipinski definition) is 2. The van der Waals surface area contributed by atoms with Crippen molar-refractivity contribution in [2.24, 2.45) is 7.05 Å². The second-order valence-corrected chi connectivity index (χ2v) is 4.49. The molecule has 0 amide bonds. The molecule has 0 unspecified atom stereocenters. The van der Waals surface area contributed by atoms with Gasteiger partial charge in [0.05, 0.1) is 5.69 Å². The molecule has 6 heteroatoms. The first-order valence-corrected chi connectivity index (χ1v) is 5.87. The Hall–Kier alpha value is -2.11. The van der Waals surface area contributed by atoms with E-state index in [4.69, 9.17) is 5.73 Å². The average Bonchev–Trinajstić information content (AvgIpc) is 2.53. The van der Waals surface area contributed by atoms with Gasteiger partial charge in [-0.15, -0.1) is 0 Å². The number of anilines is 2. The highest BCUT2D eigenvalue weighted by molar-refractivity contribution is 5.54. The molecule has 0 radical (unpaired) electrons. The molecule has 1 heterocycles. The molecule has 2 aromatic rings. The summed E-state index contributed by atoms with van der Waals surface area (Å²) in [6.45, 7) is 4.08. The van der Waals surface area contributed by atoms with E-state index in [9.17, 15) is 8.78 Å². The van der Waals surface area contributed by atoms with Gasteiger partial charge in [0.2, 0.25) is 0 Å². The lowest BCUT2D eigenvalue weighted by molar-refractivity contribution is 0.589. The van der Waals surface area contributed by atoms with Gasteiger partial charge < -0.3 is 11.1 Å². The van der Waals surface area contributed by atoms with Crippen LogP contribution >= 0.6 is 0 Å². The maximum atomic E-state index is 13.6. The van der Waals surface area contributed by atoms with Crippen LogP contribution in [0.1, 0.15) is 17.0 Å². The fourth-order valence-electron chi connectivity index (χ4n) is 2.01. The molecule has 0 aliphatic heterocycles. The molecule has 0 aliphatic rings. The van der Waals surface area contributed by atoms with Crippen molar-refractivity contribution < 1.29 is 8.78 Å². The molecule has 2 rings (SSSR count). The highest BCUT2D eigenvalue weighted by Crippen LogP contribution is 2.23. The van der Waals surface area contributed by atoms with Crippen LogP contribution in [0.2, 0.25) is 0 Å². The average molecular weight is 266 g/mol. The van der Waals surface area contributed by atoms with Gasteiger partial charge in [-0.05, 0) is 26.0 Å². The first kappa shape index (κ1) is 13.3. The van der Waals surface area contributed by atoms with Gasteiger partial charge in [0.15, 0.2) is 11.6 Å². The first-order valence-electron chi connectivity index (χ1n) is 5.87. The lowest BCUT2D eigenvalue weighted by Gasteiger charge is -2.10. The molecular weight excluding hydrogens is 250 g/mol. The standard InChI is InChI=1S/C13H16F2N4/c1-7-10(8(2)19(3)18-7)6-17-13-11(14)4-9(16)5-12(13)15/h4-5,17H,6,16H2,1-3H3. The van der Waals surface area contributed by atoms with Gasteiger partial charge in [0.25, 0.3) is 0 Å². The topological polar surface area (TPSA) is 55.9 Å². The Morgan fingerprint density at radius 1 is 1.26 bits per heavy atom. The Morgan fingerprint density at radius 3 is 2.32 bits per heavy atom. The van der Waals surface area contributed by atoms with Crippen molar-refractivity contribution in [2.75, 3.05) is 11.1 Å². The number of benzene rings is 1. The SMILES string of the molecule is Cc1nn(C)c(C)c1CNc1c(F)cc(N)cc1F. The van der Waals surface area contributed by atoms with Crippen molar-refractivity contribution in [1.82, 2.24) is 9.78 Å². The van der Waals surface area contributed by atoms with Crippen LogP contribution in [0, 0.1) is 25.5 Å². The van der Waals surface area contributed by atoms with Crippen molar-refractivity contribution in [3.8, 4) is 0 Å². The van der Waals surface area contributed by atoms with Gasteiger partial charge in [0, 0.05) is 30.5 Å². The quantitative estimate of drug-likeness (QED) is 0.839. The minimum Gasteiger partial charge on any atom is -0.399 e. The summed E-state index contributed by atoms with van der Waals surface area (Å²) in [7, 11) is 1.83. The van der Waals surface area contributed by atoms with Crippen LogP contribution < -0.4 is 11.1 Å². The van der Waals surface area contributed by atoms with Gasteiger partial charge in [-0.1, -0.05) is 0 Å². The van der Waals surface area contributed by atoms with Crippen LogP contribution in [0.4, 0.5) is 20.2 Å². The molecule has 0 atom stereocenters. The smallest absolute Gasteiger partial charge is 0.151 e.